The summed E-state index contributed by atoms with van der Waals surface area (Å²) in [7, 11) is 0. The first-order valence-electron chi connectivity index (χ1n) is 9.62. The molecule has 5 nitrogen and oxygen atoms in total. The number of ether oxygens (including phenoxy) is 1. The molecule has 1 amide bonds. The van der Waals surface area contributed by atoms with Crippen LogP contribution >= 0.6 is 11.3 Å². The van der Waals surface area contributed by atoms with E-state index in [1.54, 1.807) is 17.5 Å². The van der Waals surface area contributed by atoms with Crippen molar-refractivity contribution in [3.05, 3.63) is 65.9 Å². The average Bonchev–Trinajstić information content (AvgIpc) is 3.23. The smallest absolute Gasteiger partial charge is 0.223 e. The molecule has 1 aromatic carbocycles. The molecule has 2 aromatic heterocycles. The zero-order chi connectivity index (χ0) is 19.2. The molecule has 1 unspecified atom stereocenters. The van der Waals surface area contributed by atoms with Crippen LogP contribution in [0.1, 0.15) is 25.0 Å². The maximum Gasteiger partial charge on any atom is 0.223 e. The van der Waals surface area contributed by atoms with Crippen molar-refractivity contribution < 1.29 is 9.53 Å². The molecule has 1 atom stereocenters. The quantitative estimate of drug-likeness (QED) is 0.630. The van der Waals surface area contributed by atoms with Crippen LogP contribution in [-0.2, 0) is 11.2 Å². The van der Waals surface area contributed by atoms with Crippen LogP contribution in [0.25, 0.3) is 10.6 Å². The number of piperidine rings is 1. The average molecular weight is 394 g/mol. The molecule has 6 heteroatoms. The number of benzene rings is 1. The fraction of sp³-hybridized carbons (Fsp3) is 0.318. The molecule has 144 valence electrons. The Morgan fingerprint density at radius 3 is 2.93 bits per heavy atom. The molecule has 3 aromatic rings. The van der Waals surface area contributed by atoms with Gasteiger partial charge in [-0.3, -0.25) is 9.78 Å². The van der Waals surface area contributed by atoms with Gasteiger partial charge in [-0.05, 0) is 43.5 Å². The van der Waals surface area contributed by atoms with Gasteiger partial charge in [0.25, 0.3) is 0 Å². The van der Waals surface area contributed by atoms with Gasteiger partial charge in [-0.25, -0.2) is 4.98 Å². The predicted octanol–water partition coefficient (Wildman–Crippen LogP) is 4.21. The van der Waals surface area contributed by atoms with E-state index in [-0.39, 0.29) is 12.0 Å². The number of thiazole rings is 1. The summed E-state index contributed by atoms with van der Waals surface area (Å²) in [5.74, 6) is 1.05. The zero-order valence-corrected chi connectivity index (χ0v) is 16.5. The molecule has 3 heterocycles. The molecule has 1 aliphatic rings. The number of pyridine rings is 1. The van der Waals surface area contributed by atoms with E-state index >= 15 is 0 Å². The van der Waals surface area contributed by atoms with Gasteiger partial charge in [0.15, 0.2) is 0 Å². The van der Waals surface area contributed by atoms with Crippen molar-refractivity contribution in [2.24, 2.45) is 0 Å². The molecule has 4 rings (SSSR count). The van der Waals surface area contributed by atoms with Crippen molar-refractivity contribution in [1.29, 1.82) is 0 Å². The van der Waals surface area contributed by atoms with Crippen LogP contribution in [0.2, 0.25) is 0 Å². The largest absolute Gasteiger partial charge is 0.489 e. The van der Waals surface area contributed by atoms with E-state index in [0.717, 1.165) is 41.4 Å². The van der Waals surface area contributed by atoms with Crippen molar-refractivity contribution in [3.63, 3.8) is 0 Å². The van der Waals surface area contributed by atoms with E-state index < -0.39 is 0 Å². The number of rotatable bonds is 6. The van der Waals surface area contributed by atoms with Gasteiger partial charge in [0.05, 0.1) is 12.2 Å². The lowest BCUT2D eigenvalue weighted by Gasteiger charge is -2.33. The lowest BCUT2D eigenvalue weighted by atomic mass is 10.1. The minimum Gasteiger partial charge on any atom is -0.489 e. The summed E-state index contributed by atoms with van der Waals surface area (Å²) in [5, 5.41) is 2.98. The number of nitrogens with zero attached hydrogens (tertiary/aromatic N) is 3. The molecule has 0 bridgehead atoms. The summed E-state index contributed by atoms with van der Waals surface area (Å²) in [6, 6.07) is 13.7. The first-order valence-corrected chi connectivity index (χ1v) is 10.5. The van der Waals surface area contributed by atoms with Gasteiger partial charge in [-0.1, -0.05) is 18.2 Å². The molecule has 0 N–H and O–H groups in total. The molecular formula is C22H23N3O2S. The number of hydrogen-bond donors (Lipinski definition) is 0. The second-order valence-electron chi connectivity index (χ2n) is 6.92. The van der Waals surface area contributed by atoms with E-state index in [0.29, 0.717) is 19.4 Å². The van der Waals surface area contributed by atoms with Crippen molar-refractivity contribution in [2.45, 2.75) is 31.8 Å². The lowest BCUT2D eigenvalue weighted by molar-refractivity contribution is -0.133. The standard InChI is InChI=1S/C22H23N3O2S/c26-21(11-10-18-16-28-22(24-18)17-6-4-12-23-14-17)25-13-5-9-20(15-25)27-19-7-2-1-3-8-19/h1-4,6-8,12,14,16,20H,5,9-11,13,15H2. The van der Waals surface area contributed by atoms with E-state index in [1.807, 2.05) is 58.9 Å². The minimum absolute atomic E-state index is 0.0663. The molecule has 1 fully saturated rings. The van der Waals surface area contributed by atoms with Crippen LogP contribution in [0.4, 0.5) is 0 Å². The van der Waals surface area contributed by atoms with Crippen molar-refractivity contribution >= 4 is 17.2 Å². The molecular weight excluding hydrogens is 370 g/mol. The van der Waals surface area contributed by atoms with E-state index in [2.05, 4.69) is 9.97 Å². The number of aryl methyl sites for hydroxylation is 1. The Labute approximate surface area is 169 Å². The second kappa shape index (κ2) is 8.97. The third-order valence-corrected chi connectivity index (χ3v) is 5.77. The monoisotopic (exact) mass is 393 g/mol. The minimum atomic E-state index is 0.0663. The summed E-state index contributed by atoms with van der Waals surface area (Å²) in [6.07, 6.45) is 6.74. The van der Waals surface area contributed by atoms with Crippen molar-refractivity contribution in [1.82, 2.24) is 14.9 Å². The molecule has 0 aliphatic carbocycles. The number of amides is 1. The first-order chi connectivity index (χ1) is 13.8. The number of carbonyl (C=O) groups is 1. The van der Waals surface area contributed by atoms with E-state index in [9.17, 15) is 4.79 Å². The fourth-order valence-electron chi connectivity index (χ4n) is 3.39. The third kappa shape index (κ3) is 4.75. The SMILES string of the molecule is O=C(CCc1csc(-c2cccnc2)n1)N1CCCC(Oc2ccccc2)C1. The van der Waals surface area contributed by atoms with Gasteiger partial charge in [0.1, 0.15) is 16.9 Å². The van der Waals surface area contributed by atoms with Gasteiger partial charge in [0.2, 0.25) is 5.91 Å². The topological polar surface area (TPSA) is 55.3 Å². The van der Waals surface area contributed by atoms with Gasteiger partial charge in [0, 0.05) is 36.3 Å². The lowest BCUT2D eigenvalue weighted by Crippen LogP contribution is -2.44. The Hall–Kier alpha value is -2.73. The molecule has 0 radical (unpaired) electrons. The molecule has 0 saturated carbocycles. The Balaban J connectivity index is 1.29. The third-order valence-electron chi connectivity index (χ3n) is 4.83. The highest BCUT2D eigenvalue weighted by atomic mass is 32.1. The zero-order valence-electron chi connectivity index (χ0n) is 15.7. The molecule has 28 heavy (non-hydrogen) atoms. The maximum atomic E-state index is 12.7. The summed E-state index contributed by atoms with van der Waals surface area (Å²) in [5.41, 5.74) is 1.98. The molecule has 1 saturated heterocycles. The van der Waals surface area contributed by atoms with Crippen LogP contribution in [-0.4, -0.2) is 40.0 Å². The number of hydrogen-bond acceptors (Lipinski definition) is 5. The van der Waals surface area contributed by atoms with Gasteiger partial charge in [-0.2, -0.15) is 0 Å². The van der Waals surface area contributed by atoms with Crippen LogP contribution < -0.4 is 4.74 Å². The predicted molar refractivity (Wildman–Crippen MR) is 110 cm³/mol. The Morgan fingerprint density at radius 1 is 1.21 bits per heavy atom. The van der Waals surface area contributed by atoms with Gasteiger partial charge < -0.3 is 9.64 Å². The van der Waals surface area contributed by atoms with Crippen LogP contribution in [0, 0.1) is 0 Å². The normalized spacial score (nSPS) is 16.7. The Kier molecular flexibility index (Phi) is 5.97. The number of carbonyl (C=O) groups excluding carboxylic acids is 1. The highest BCUT2D eigenvalue weighted by Crippen LogP contribution is 2.24. The molecule has 1 aliphatic heterocycles. The number of para-hydroxylation sites is 1. The van der Waals surface area contributed by atoms with Gasteiger partial charge >= 0.3 is 0 Å². The van der Waals surface area contributed by atoms with Crippen LogP contribution in [0.3, 0.4) is 0 Å². The number of likely N-dealkylation sites (tertiary alicyclic amines) is 1. The Bertz CT molecular complexity index is 898. The summed E-state index contributed by atoms with van der Waals surface area (Å²) < 4.78 is 6.04. The summed E-state index contributed by atoms with van der Waals surface area (Å²) in [6.45, 7) is 1.47. The van der Waals surface area contributed by atoms with E-state index in [1.165, 1.54) is 0 Å². The first kappa shape index (κ1) is 18.6. The summed E-state index contributed by atoms with van der Waals surface area (Å²) >= 11 is 1.60. The fourth-order valence-corrected chi connectivity index (χ4v) is 4.23. The van der Waals surface area contributed by atoms with Crippen LogP contribution in [0.15, 0.2) is 60.2 Å². The van der Waals surface area contributed by atoms with Gasteiger partial charge in [-0.15, -0.1) is 11.3 Å². The van der Waals surface area contributed by atoms with Crippen LogP contribution in [0.5, 0.6) is 5.75 Å². The number of aromatic nitrogens is 2. The van der Waals surface area contributed by atoms with Crippen molar-refractivity contribution in [2.75, 3.05) is 13.1 Å². The second-order valence-corrected chi connectivity index (χ2v) is 7.78. The summed E-state index contributed by atoms with van der Waals surface area (Å²) in [4.78, 5) is 23.4. The Morgan fingerprint density at radius 2 is 2.11 bits per heavy atom. The maximum absolute atomic E-state index is 12.7. The van der Waals surface area contributed by atoms with E-state index in [4.69, 9.17) is 4.74 Å². The van der Waals surface area contributed by atoms with Crippen molar-refractivity contribution in [3.8, 4) is 16.3 Å². The highest BCUT2D eigenvalue weighted by Gasteiger charge is 2.24. The highest BCUT2D eigenvalue weighted by molar-refractivity contribution is 7.13. The molecule has 0 spiro atoms.